The Labute approximate surface area is 111 Å². The van der Waals surface area contributed by atoms with Crippen LogP contribution < -0.4 is 5.32 Å². The topological polar surface area (TPSA) is 60.5 Å². The van der Waals surface area contributed by atoms with Gasteiger partial charge in [0.25, 0.3) is 0 Å². The Morgan fingerprint density at radius 1 is 1.44 bits per heavy atom. The van der Waals surface area contributed by atoms with E-state index in [-0.39, 0.29) is 18.1 Å². The third-order valence-corrected chi connectivity index (χ3v) is 4.14. The summed E-state index contributed by atoms with van der Waals surface area (Å²) < 4.78 is 10.1. The van der Waals surface area contributed by atoms with Crippen molar-refractivity contribution in [3.8, 4) is 0 Å². The minimum atomic E-state index is -0.383. The van der Waals surface area contributed by atoms with Gasteiger partial charge in [-0.2, -0.15) is 0 Å². The van der Waals surface area contributed by atoms with Gasteiger partial charge in [0.1, 0.15) is 0 Å². The predicted molar refractivity (Wildman–Crippen MR) is 70.2 cm³/mol. The van der Waals surface area contributed by atoms with Crippen LogP contribution >= 0.6 is 11.3 Å². The number of aromatic nitrogens is 1. The maximum absolute atomic E-state index is 11.5. The van der Waals surface area contributed by atoms with Gasteiger partial charge in [0.05, 0.1) is 19.3 Å². The lowest BCUT2D eigenvalue weighted by atomic mass is 10.2. The third kappa shape index (κ3) is 2.64. The predicted octanol–water partition coefficient (Wildman–Crippen LogP) is 2.22. The fourth-order valence-corrected chi connectivity index (χ4v) is 3.14. The van der Waals surface area contributed by atoms with Crippen molar-refractivity contribution in [2.75, 3.05) is 19.5 Å². The van der Waals surface area contributed by atoms with E-state index in [9.17, 15) is 4.79 Å². The SMILES string of the molecule is COC(=O)c1nc(NC2CCCC2OC)sc1C. The molecule has 2 rings (SSSR count). The van der Waals surface area contributed by atoms with Crippen LogP contribution in [0.2, 0.25) is 0 Å². The van der Waals surface area contributed by atoms with Gasteiger partial charge in [-0.3, -0.25) is 0 Å². The largest absolute Gasteiger partial charge is 0.464 e. The zero-order valence-electron chi connectivity index (χ0n) is 10.9. The lowest BCUT2D eigenvalue weighted by Crippen LogP contribution is -2.29. The molecule has 18 heavy (non-hydrogen) atoms. The Morgan fingerprint density at radius 2 is 2.22 bits per heavy atom. The van der Waals surface area contributed by atoms with Crippen molar-refractivity contribution in [3.05, 3.63) is 10.6 Å². The van der Waals surface area contributed by atoms with E-state index in [1.807, 2.05) is 6.92 Å². The highest BCUT2D eigenvalue weighted by atomic mass is 32.1. The molecular formula is C12H18N2O3S. The average molecular weight is 270 g/mol. The number of thiazole rings is 1. The van der Waals surface area contributed by atoms with E-state index in [1.165, 1.54) is 18.4 Å². The van der Waals surface area contributed by atoms with Crippen molar-refractivity contribution in [3.63, 3.8) is 0 Å². The number of ether oxygens (including phenoxy) is 2. The first-order chi connectivity index (χ1) is 8.65. The zero-order valence-corrected chi connectivity index (χ0v) is 11.7. The summed E-state index contributed by atoms with van der Waals surface area (Å²) >= 11 is 1.48. The van der Waals surface area contributed by atoms with E-state index < -0.39 is 0 Å². The Balaban J connectivity index is 2.08. The first-order valence-electron chi connectivity index (χ1n) is 6.00. The standard InChI is InChI=1S/C12H18N2O3S/c1-7-10(11(15)17-3)14-12(18-7)13-8-5-4-6-9(8)16-2/h8-9H,4-6H2,1-3H3,(H,13,14). The van der Waals surface area contributed by atoms with E-state index >= 15 is 0 Å². The molecule has 0 amide bonds. The number of carbonyl (C=O) groups is 1. The fraction of sp³-hybridized carbons (Fsp3) is 0.667. The maximum atomic E-state index is 11.5. The van der Waals surface area contributed by atoms with Crippen LogP contribution in [-0.4, -0.2) is 37.3 Å². The van der Waals surface area contributed by atoms with Gasteiger partial charge in [0, 0.05) is 12.0 Å². The molecule has 1 fully saturated rings. The van der Waals surface area contributed by atoms with Gasteiger partial charge in [-0.05, 0) is 26.2 Å². The van der Waals surface area contributed by atoms with Crippen molar-refractivity contribution in [2.45, 2.75) is 38.3 Å². The highest BCUT2D eigenvalue weighted by Gasteiger charge is 2.28. The van der Waals surface area contributed by atoms with Crippen LogP contribution in [0.3, 0.4) is 0 Å². The Morgan fingerprint density at radius 3 is 2.89 bits per heavy atom. The zero-order chi connectivity index (χ0) is 13.1. The summed E-state index contributed by atoms with van der Waals surface area (Å²) in [5.74, 6) is -0.383. The van der Waals surface area contributed by atoms with Crippen LogP contribution in [0.25, 0.3) is 0 Å². The highest BCUT2D eigenvalue weighted by Crippen LogP contribution is 2.28. The molecule has 0 saturated heterocycles. The number of methoxy groups -OCH3 is 2. The maximum Gasteiger partial charge on any atom is 0.357 e. The third-order valence-electron chi connectivity index (χ3n) is 3.24. The second kappa shape index (κ2) is 5.67. The molecule has 6 heteroatoms. The van der Waals surface area contributed by atoms with E-state index in [4.69, 9.17) is 9.47 Å². The molecule has 2 atom stereocenters. The van der Waals surface area contributed by atoms with E-state index in [1.54, 1.807) is 7.11 Å². The number of nitrogens with zero attached hydrogens (tertiary/aromatic N) is 1. The quantitative estimate of drug-likeness (QED) is 0.850. The number of aryl methyl sites for hydroxylation is 1. The monoisotopic (exact) mass is 270 g/mol. The van der Waals surface area contributed by atoms with Gasteiger partial charge in [-0.15, -0.1) is 11.3 Å². The van der Waals surface area contributed by atoms with Gasteiger partial charge >= 0.3 is 5.97 Å². The lowest BCUT2D eigenvalue weighted by Gasteiger charge is -2.18. The summed E-state index contributed by atoms with van der Waals surface area (Å²) in [6, 6.07) is 0.283. The van der Waals surface area contributed by atoms with Crippen LogP contribution in [0.5, 0.6) is 0 Å². The molecular weight excluding hydrogens is 252 g/mol. The molecule has 1 aliphatic carbocycles. The first kappa shape index (κ1) is 13.3. The van der Waals surface area contributed by atoms with Crippen molar-refractivity contribution >= 4 is 22.4 Å². The molecule has 0 aromatic carbocycles. The fourth-order valence-electron chi connectivity index (χ4n) is 2.28. The number of rotatable bonds is 4. The summed E-state index contributed by atoms with van der Waals surface area (Å²) in [6.07, 6.45) is 3.54. The van der Waals surface area contributed by atoms with Crippen LogP contribution in [0.15, 0.2) is 0 Å². The average Bonchev–Trinajstić information content (AvgIpc) is 2.95. The van der Waals surface area contributed by atoms with Crippen LogP contribution in [0.1, 0.15) is 34.6 Å². The van der Waals surface area contributed by atoms with Crippen molar-refractivity contribution in [1.29, 1.82) is 0 Å². The van der Waals surface area contributed by atoms with Gasteiger partial charge < -0.3 is 14.8 Å². The number of nitrogens with one attached hydrogen (secondary N) is 1. The van der Waals surface area contributed by atoms with E-state index in [0.29, 0.717) is 5.69 Å². The van der Waals surface area contributed by atoms with E-state index in [0.717, 1.165) is 29.3 Å². The van der Waals surface area contributed by atoms with Crippen molar-refractivity contribution < 1.29 is 14.3 Å². The molecule has 0 radical (unpaired) electrons. The molecule has 100 valence electrons. The summed E-state index contributed by atoms with van der Waals surface area (Å²) in [5, 5.41) is 4.12. The van der Waals surface area contributed by atoms with Crippen molar-refractivity contribution in [1.82, 2.24) is 4.98 Å². The molecule has 2 unspecified atom stereocenters. The van der Waals surface area contributed by atoms with Gasteiger partial charge in [-0.25, -0.2) is 9.78 Å². The molecule has 0 spiro atoms. The number of hydrogen-bond acceptors (Lipinski definition) is 6. The number of carbonyl (C=O) groups excluding carboxylic acids is 1. The van der Waals surface area contributed by atoms with Crippen molar-refractivity contribution in [2.24, 2.45) is 0 Å². The van der Waals surface area contributed by atoms with E-state index in [2.05, 4.69) is 10.3 Å². The van der Waals surface area contributed by atoms with Crippen LogP contribution in [0, 0.1) is 6.92 Å². The van der Waals surface area contributed by atoms with Gasteiger partial charge in [-0.1, -0.05) is 0 Å². The number of hydrogen-bond donors (Lipinski definition) is 1. The minimum Gasteiger partial charge on any atom is -0.464 e. The summed E-state index contributed by atoms with van der Waals surface area (Å²) in [7, 11) is 3.10. The lowest BCUT2D eigenvalue weighted by molar-refractivity contribution is 0.0594. The van der Waals surface area contributed by atoms with Gasteiger partial charge in [0.15, 0.2) is 10.8 Å². The second-order valence-electron chi connectivity index (χ2n) is 4.37. The normalized spacial score (nSPS) is 23.1. The number of anilines is 1. The molecule has 0 bridgehead atoms. The smallest absolute Gasteiger partial charge is 0.357 e. The highest BCUT2D eigenvalue weighted by molar-refractivity contribution is 7.15. The Bertz CT molecular complexity index is 433. The summed E-state index contributed by atoms with van der Waals surface area (Å²) in [6.45, 7) is 1.87. The second-order valence-corrected chi connectivity index (χ2v) is 5.57. The molecule has 1 saturated carbocycles. The molecule has 1 aromatic rings. The molecule has 0 aliphatic heterocycles. The molecule has 5 nitrogen and oxygen atoms in total. The first-order valence-corrected chi connectivity index (χ1v) is 6.82. The molecule has 1 heterocycles. The summed E-state index contributed by atoms with van der Waals surface area (Å²) in [4.78, 5) is 16.6. The molecule has 1 aromatic heterocycles. The minimum absolute atomic E-state index is 0.232. The number of esters is 1. The molecule has 1 N–H and O–H groups in total. The summed E-state index contributed by atoms with van der Waals surface area (Å²) in [5.41, 5.74) is 0.400. The Hall–Kier alpha value is -1.14. The van der Waals surface area contributed by atoms with Crippen LogP contribution in [0.4, 0.5) is 5.13 Å². The Kier molecular flexibility index (Phi) is 4.19. The van der Waals surface area contributed by atoms with Gasteiger partial charge in [0.2, 0.25) is 0 Å². The molecule has 1 aliphatic rings. The van der Waals surface area contributed by atoms with Crippen LogP contribution in [-0.2, 0) is 9.47 Å².